The predicted molar refractivity (Wildman–Crippen MR) is 252 cm³/mol. The van der Waals surface area contributed by atoms with Crippen LogP contribution >= 0.6 is 0 Å². The molecule has 5 unspecified atom stereocenters. The smallest absolute Gasteiger partial charge is 0.0466 e. The lowest BCUT2D eigenvalue weighted by Crippen LogP contribution is -2.48. The summed E-state index contributed by atoms with van der Waals surface area (Å²) < 4.78 is 12.7. The Kier molecular flexibility index (Phi) is 23.8. The van der Waals surface area contributed by atoms with Gasteiger partial charge in [0, 0.05) is 39.6 Å². The van der Waals surface area contributed by atoms with Gasteiger partial charge in [-0.1, -0.05) is 165 Å². The van der Waals surface area contributed by atoms with Gasteiger partial charge in [-0.15, -0.1) is 0 Å². The molecule has 4 nitrogen and oxygen atoms in total. The van der Waals surface area contributed by atoms with Crippen molar-refractivity contribution in [2.75, 3.05) is 39.6 Å². The first-order valence-corrected chi connectivity index (χ1v) is 24.1. The van der Waals surface area contributed by atoms with Crippen LogP contribution in [-0.2, 0) is 9.47 Å². The molecule has 5 atom stereocenters. The topological polar surface area (TPSA) is 58.9 Å². The van der Waals surface area contributed by atoms with E-state index in [1.807, 2.05) is 0 Å². The summed E-state index contributed by atoms with van der Waals surface area (Å²) in [6.45, 7) is 54.6. The molecule has 0 saturated heterocycles. The first-order chi connectivity index (χ1) is 25.8. The van der Waals surface area contributed by atoms with Crippen LogP contribution in [0.4, 0.5) is 0 Å². The Morgan fingerprint density at radius 1 is 0.368 bits per heavy atom. The lowest BCUT2D eigenvalue weighted by molar-refractivity contribution is -0.0707. The molecule has 0 heterocycles. The largest absolute Gasteiger partial charge is 0.396 e. The van der Waals surface area contributed by atoms with E-state index in [9.17, 15) is 10.2 Å². The van der Waals surface area contributed by atoms with Crippen LogP contribution in [0.25, 0.3) is 0 Å². The van der Waals surface area contributed by atoms with Gasteiger partial charge in [-0.2, -0.15) is 0 Å². The number of ether oxygens (including phenoxy) is 2. The summed E-state index contributed by atoms with van der Waals surface area (Å²) in [7, 11) is 0. The molecule has 0 aromatic carbocycles. The maximum atomic E-state index is 10.7. The van der Waals surface area contributed by atoms with E-state index < -0.39 is 0 Å². The molecule has 0 rings (SSSR count). The van der Waals surface area contributed by atoms with Crippen LogP contribution in [0.5, 0.6) is 0 Å². The highest BCUT2D eigenvalue weighted by Crippen LogP contribution is 2.57. The second-order valence-electron chi connectivity index (χ2n) is 25.3. The average Bonchev–Trinajstić information content (AvgIpc) is 3.03. The molecule has 0 spiro atoms. The van der Waals surface area contributed by atoms with Crippen LogP contribution in [-0.4, -0.2) is 49.9 Å². The second-order valence-corrected chi connectivity index (χ2v) is 25.3. The summed E-state index contributed by atoms with van der Waals surface area (Å²) >= 11 is 0. The van der Waals surface area contributed by atoms with Gasteiger partial charge in [0.05, 0.1) is 0 Å². The van der Waals surface area contributed by atoms with Crippen molar-refractivity contribution in [1.29, 1.82) is 0 Å². The van der Waals surface area contributed by atoms with Crippen molar-refractivity contribution in [3.8, 4) is 0 Å². The second kappa shape index (κ2) is 23.9. The van der Waals surface area contributed by atoms with E-state index in [-0.39, 0.29) is 45.7 Å². The Morgan fingerprint density at radius 3 is 1.09 bits per heavy atom. The molecule has 0 radical (unpaired) electrons. The van der Waals surface area contributed by atoms with Crippen LogP contribution < -0.4 is 0 Å². The van der Waals surface area contributed by atoms with E-state index in [1.165, 1.54) is 32.1 Å². The van der Waals surface area contributed by atoms with Crippen molar-refractivity contribution in [1.82, 2.24) is 0 Å². The number of hydrogen-bond donors (Lipinski definition) is 2. The summed E-state index contributed by atoms with van der Waals surface area (Å²) in [5.74, 6) is 2.43. The van der Waals surface area contributed by atoms with E-state index >= 15 is 0 Å². The molecule has 0 fully saturated rings. The van der Waals surface area contributed by atoms with Crippen molar-refractivity contribution >= 4 is 0 Å². The zero-order valence-electron chi connectivity index (χ0n) is 43.0. The minimum atomic E-state index is 0.0806. The van der Waals surface area contributed by atoms with Crippen LogP contribution in [0.2, 0.25) is 0 Å². The third-order valence-electron chi connectivity index (χ3n) is 17.6. The van der Waals surface area contributed by atoms with E-state index in [4.69, 9.17) is 9.47 Å². The van der Waals surface area contributed by atoms with Gasteiger partial charge >= 0.3 is 0 Å². The maximum absolute atomic E-state index is 10.7. The summed E-state index contributed by atoms with van der Waals surface area (Å²) in [4.78, 5) is 0. The number of unbranched alkanes of at least 4 members (excludes halogenated alkanes) is 3. The third-order valence-corrected chi connectivity index (χ3v) is 17.6. The Hall–Kier alpha value is -0.160. The molecular formula is C53H108O4. The molecule has 0 aliphatic carbocycles. The Morgan fingerprint density at radius 2 is 0.719 bits per heavy atom. The molecule has 2 N–H and O–H groups in total. The van der Waals surface area contributed by atoms with Crippen molar-refractivity contribution < 1.29 is 19.7 Å². The van der Waals surface area contributed by atoms with Crippen molar-refractivity contribution in [2.24, 2.45) is 72.9 Å². The average molecular weight is 809 g/mol. The molecule has 4 heteroatoms. The van der Waals surface area contributed by atoms with Gasteiger partial charge in [-0.25, -0.2) is 0 Å². The number of aliphatic hydroxyl groups excluding tert-OH is 2. The quantitative estimate of drug-likeness (QED) is 0.0739. The van der Waals surface area contributed by atoms with Gasteiger partial charge in [0.2, 0.25) is 0 Å². The van der Waals surface area contributed by atoms with Gasteiger partial charge < -0.3 is 19.7 Å². The Labute approximate surface area is 360 Å². The fourth-order valence-corrected chi connectivity index (χ4v) is 9.39. The highest BCUT2D eigenvalue weighted by Gasteiger charge is 2.50. The number of aliphatic hydroxyl groups is 2. The molecule has 0 saturated carbocycles. The summed E-state index contributed by atoms with van der Waals surface area (Å²) in [5.41, 5.74) is 1.51. The Balaban J connectivity index is 5.76. The molecule has 0 aliphatic rings. The van der Waals surface area contributed by atoms with Crippen LogP contribution in [0.15, 0.2) is 0 Å². The van der Waals surface area contributed by atoms with Crippen LogP contribution in [0, 0.1) is 72.9 Å². The molecule has 0 bridgehead atoms. The lowest BCUT2D eigenvalue weighted by atomic mass is 9.50. The minimum absolute atomic E-state index is 0.0806. The zero-order chi connectivity index (χ0) is 44.7. The van der Waals surface area contributed by atoms with Crippen molar-refractivity contribution in [2.45, 2.75) is 229 Å². The molecular weight excluding hydrogens is 701 g/mol. The van der Waals surface area contributed by atoms with Gasteiger partial charge in [0.15, 0.2) is 0 Å². The number of hydrogen-bond acceptors (Lipinski definition) is 4. The van der Waals surface area contributed by atoms with E-state index in [1.54, 1.807) is 0 Å². The van der Waals surface area contributed by atoms with Crippen LogP contribution in [0.3, 0.4) is 0 Å². The maximum Gasteiger partial charge on any atom is 0.0466 e. The highest BCUT2D eigenvalue weighted by atomic mass is 16.5. The predicted octanol–water partition coefficient (Wildman–Crippen LogP) is 15.5. The van der Waals surface area contributed by atoms with E-state index in [2.05, 4.69) is 145 Å². The van der Waals surface area contributed by atoms with Crippen molar-refractivity contribution in [3.05, 3.63) is 0 Å². The lowest BCUT2D eigenvalue weighted by Gasteiger charge is -2.55. The normalized spacial score (nSPS) is 17.1. The molecule has 344 valence electrons. The fourth-order valence-electron chi connectivity index (χ4n) is 9.39. The molecule has 57 heavy (non-hydrogen) atoms. The fraction of sp³-hybridized carbons (Fsp3) is 1.00. The zero-order valence-corrected chi connectivity index (χ0v) is 43.0. The Bertz CT molecular complexity index is 1040. The third kappa shape index (κ3) is 17.6. The summed E-state index contributed by atoms with van der Waals surface area (Å²) in [6, 6.07) is 0. The standard InChI is InChI=1S/C53H108O4/c1-41(32-35-54)43(51(16,17)47(5,6)7)29-23-26-38-57-40-28-31-45(53(20,21)49(11,12)13)42(33-36-55)44(52(18,19)48(8,9)10)30-27-39-56-37-25-22-24-34-50(14,15)46(2,3)4/h41-45,54-55H,22-40H2,1-21H3. The molecule has 0 amide bonds. The minimum Gasteiger partial charge on any atom is -0.396 e. The van der Waals surface area contributed by atoms with Gasteiger partial charge in [-0.05, 0) is 137 Å². The number of rotatable bonds is 29. The molecule has 0 aromatic heterocycles. The summed E-state index contributed by atoms with van der Waals surface area (Å²) in [6.07, 6.45) is 14.5. The van der Waals surface area contributed by atoms with Crippen LogP contribution in [0.1, 0.15) is 229 Å². The van der Waals surface area contributed by atoms with Gasteiger partial charge in [0.25, 0.3) is 0 Å². The molecule has 0 aliphatic heterocycles. The van der Waals surface area contributed by atoms with Gasteiger partial charge in [-0.3, -0.25) is 0 Å². The monoisotopic (exact) mass is 809 g/mol. The first-order valence-electron chi connectivity index (χ1n) is 24.1. The van der Waals surface area contributed by atoms with E-state index in [0.29, 0.717) is 40.4 Å². The highest BCUT2D eigenvalue weighted by molar-refractivity contribution is 4.99. The van der Waals surface area contributed by atoms with Gasteiger partial charge in [0.1, 0.15) is 0 Å². The summed E-state index contributed by atoms with van der Waals surface area (Å²) in [5, 5.41) is 20.4. The van der Waals surface area contributed by atoms with Crippen molar-refractivity contribution in [3.63, 3.8) is 0 Å². The SMILES string of the molecule is CC(CCO)C(CCCCOCCCC(C(CCO)C(CCCOCCCCCC(C)(C)C(C)(C)C)C(C)(C)C(C)(C)C)C(C)(C)C(C)(C)C)C(C)(C)C(C)(C)C. The van der Waals surface area contributed by atoms with E-state index in [0.717, 1.165) is 77.8 Å². The molecule has 0 aromatic rings. The first kappa shape index (κ1) is 56.8.